The molecular weight excluding hydrogens is 346 g/mol. The fourth-order valence-corrected chi connectivity index (χ4v) is 4.87. The second kappa shape index (κ2) is 6.41. The van der Waals surface area contributed by atoms with Crippen LogP contribution in [0, 0.1) is 5.92 Å². The highest BCUT2D eigenvalue weighted by Crippen LogP contribution is 2.43. The van der Waals surface area contributed by atoms with Crippen LogP contribution in [0.4, 0.5) is 0 Å². The number of fused-ring (bicyclic) bond motifs is 2. The van der Waals surface area contributed by atoms with Crippen molar-refractivity contribution in [3.8, 4) is 0 Å². The van der Waals surface area contributed by atoms with Crippen LogP contribution in [0.15, 0.2) is 46.9 Å². The molecule has 1 saturated heterocycles. The molecule has 0 spiro atoms. The topological polar surface area (TPSA) is 3.24 Å². The van der Waals surface area contributed by atoms with E-state index in [4.69, 9.17) is 0 Å². The highest BCUT2D eigenvalue weighted by Gasteiger charge is 2.32. The molecule has 1 aliphatic carbocycles. The van der Waals surface area contributed by atoms with Crippen molar-refractivity contribution >= 4 is 15.9 Å². The number of aryl methyl sites for hydroxylation is 2. The van der Waals surface area contributed by atoms with Gasteiger partial charge in [-0.05, 0) is 86.1 Å². The fraction of sp³-hybridized carbons (Fsp3) is 0.429. The molecule has 1 nitrogen and oxygen atoms in total. The van der Waals surface area contributed by atoms with E-state index < -0.39 is 0 Å². The number of hydrogen-bond acceptors (Lipinski definition) is 1. The van der Waals surface area contributed by atoms with E-state index in [0.717, 1.165) is 12.3 Å². The summed E-state index contributed by atoms with van der Waals surface area (Å²) in [6, 6.07) is 16.1. The molecule has 23 heavy (non-hydrogen) atoms. The molecule has 120 valence electrons. The molecule has 0 bridgehead atoms. The van der Waals surface area contributed by atoms with Crippen molar-refractivity contribution < 1.29 is 0 Å². The summed E-state index contributed by atoms with van der Waals surface area (Å²) in [4.78, 5) is 2.47. The van der Waals surface area contributed by atoms with Crippen molar-refractivity contribution in [2.45, 2.75) is 31.6 Å². The molecule has 2 heteroatoms. The molecule has 1 aliphatic heterocycles. The third-order valence-corrected chi connectivity index (χ3v) is 6.22. The highest BCUT2D eigenvalue weighted by molar-refractivity contribution is 9.10. The summed E-state index contributed by atoms with van der Waals surface area (Å²) < 4.78 is 1.21. The smallest absolute Gasteiger partial charge is 0.0178 e. The number of likely N-dealkylation sites (tertiary alicyclic amines) is 1. The first kappa shape index (κ1) is 15.4. The van der Waals surface area contributed by atoms with Crippen molar-refractivity contribution in [1.82, 2.24) is 4.90 Å². The zero-order valence-electron chi connectivity index (χ0n) is 13.8. The van der Waals surface area contributed by atoms with Crippen molar-refractivity contribution in [1.29, 1.82) is 0 Å². The Balaban J connectivity index is 1.81. The largest absolute Gasteiger partial charge is 0.306 e. The Morgan fingerprint density at radius 1 is 0.913 bits per heavy atom. The van der Waals surface area contributed by atoms with Gasteiger partial charge < -0.3 is 4.90 Å². The second-order valence-electron chi connectivity index (χ2n) is 7.16. The molecule has 0 saturated carbocycles. The SMILES string of the molecule is CN1CCC(C2c3ccccc3CCc3cc(Br)ccc32)CC1. The molecule has 0 radical (unpaired) electrons. The number of piperidine rings is 1. The summed E-state index contributed by atoms with van der Waals surface area (Å²) in [6.45, 7) is 2.46. The molecule has 0 amide bonds. The molecule has 1 fully saturated rings. The highest BCUT2D eigenvalue weighted by atomic mass is 79.9. The van der Waals surface area contributed by atoms with Gasteiger partial charge in [-0.3, -0.25) is 0 Å². The van der Waals surface area contributed by atoms with Crippen LogP contribution in [0.3, 0.4) is 0 Å². The predicted octanol–water partition coefficient (Wildman–Crippen LogP) is 5.02. The monoisotopic (exact) mass is 369 g/mol. The van der Waals surface area contributed by atoms with Gasteiger partial charge in [0.25, 0.3) is 0 Å². The van der Waals surface area contributed by atoms with E-state index in [9.17, 15) is 0 Å². The van der Waals surface area contributed by atoms with Crippen LogP contribution in [-0.4, -0.2) is 25.0 Å². The van der Waals surface area contributed by atoms with Gasteiger partial charge >= 0.3 is 0 Å². The van der Waals surface area contributed by atoms with E-state index in [1.54, 1.807) is 22.3 Å². The maximum absolute atomic E-state index is 3.67. The number of nitrogens with zero attached hydrogens (tertiary/aromatic N) is 1. The van der Waals surface area contributed by atoms with E-state index >= 15 is 0 Å². The molecule has 4 rings (SSSR count). The Bertz CT molecular complexity index is 701. The lowest BCUT2D eigenvalue weighted by Gasteiger charge is -2.35. The maximum Gasteiger partial charge on any atom is 0.0178 e. The minimum Gasteiger partial charge on any atom is -0.306 e. The molecular formula is C21H24BrN. The first-order chi connectivity index (χ1) is 11.2. The summed E-state index contributed by atoms with van der Waals surface area (Å²) in [5.41, 5.74) is 6.26. The molecule has 0 N–H and O–H groups in total. The summed E-state index contributed by atoms with van der Waals surface area (Å²) >= 11 is 3.67. The summed E-state index contributed by atoms with van der Waals surface area (Å²) in [5, 5.41) is 0. The lowest BCUT2D eigenvalue weighted by atomic mass is 9.75. The van der Waals surface area contributed by atoms with Crippen molar-refractivity contribution in [2.75, 3.05) is 20.1 Å². The van der Waals surface area contributed by atoms with Crippen molar-refractivity contribution in [2.24, 2.45) is 5.92 Å². The zero-order valence-corrected chi connectivity index (χ0v) is 15.3. The number of halogens is 1. The first-order valence-electron chi connectivity index (χ1n) is 8.77. The fourth-order valence-electron chi connectivity index (χ4n) is 4.47. The van der Waals surface area contributed by atoms with Gasteiger partial charge in [0.05, 0.1) is 0 Å². The lowest BCUT2D eigenvalue weighted by molar-refractivity contribution is 0.207. The number of rotatable bonds is 1. The zero-order chi connectivity index (χ0) is 15.8. The van der Waals surface area contributed by atoms with E-state index in [2.05, 4.69) is 70.3 Å². The molecule has 1 heterocycles. The number of benzene rings is 2. The molecule has 2 aromatic carbocycles. The van der Waals surface area contributed by atoms with Gasteiger partial charge in [0, 0.05) is 10.4 Å². The van der Waals surface area contributed by atoms with Gasteiger partial charge in [-0.25, -0.2) is 0 Å². The quantitative estimate of drug-likeness (QED) is 0.681. The average Bonchev–Trinajstić information content (AvgIpc) is 2.72. The Morgan fingerprint density at radius 2 is 1.61 bits per heavy atom. The van der Waals surface area contributed by atoms with Crippen molar-refractivity contribution in [3.63, 3.8) is 0 Å². The molecule has 0 aromatic heterocycles. The average molecular weight is 370 g/mol. The van der Waals surface area contributed by atoms with E-state index in [1.807, 2.05) is 0 Å². The van der Waals surface area contributed by atoms with Crippen LogP contribution < -0.4 is 0 Å². The summed E-state index contributed by atoms with van der Waals surface area (Å²) in [5.74, 6) is 1.34. The van der Waals surface area contributed by atoms with Gasteiger partial charge in [0.2, 0.25) is 0 Å². The summed E-state index contributed by atoms with van der Waals surface area (Å²) in [7, 11) is 2.25. The minimum atomic E-state index is 0.575. The van der Waals surface area contributed by atoms with Crippen LogP contribution in [-0.2, 0) is 12.8 Å². The van der Waals surface area contributed by atoms with Crippen LogP contribution in [0.2, 0.25) is 0 Å². The summed E-state index contributed by atoms with van der Waals surface area (Å²) in [6.07, 6.45) is 4.95. The minimum absolute atomic E-state index is 0.575. The Hall–Kier alpha value is -1.12. The van der Waals surface area contributed by atoms with Crippen LogP contribution in [0.25, 0.3) is 0 Å². The lowest BCUT2D eigenvalue weighted by Crippen LogP contribution is -2.33. The van der Waals surface area contributed by atoms with Crippen LogP contribution in [0.1, 0.15) is 41.0 Å². The normalized spacial score (nSPS) is 22.3. The van der Waals surface area contributed by atoms with Crippen molar-refractivity contribution in [3.05, 3.63) is 69.2 Å². The van der Waals surface area contributed by atoms with Crippen LogP contribution >= 0.6 is 15.9 Å². The Kier molecular flexibility index (Phi) is 4.29. The molecule has 2 aromatic rings. The van der Waals surface area contributed by atoms with Crippen LogP contribution in [0.5, 0.6) is 0 Å². The van der Waals surface area contributed by atoms with E-state index in [0.29, 0.717) is 5.92 Å². The van der Waals surface area contributed by atoms with E-state index in [-0.39, 0.29) is 0 Å². The maximum atomic E-state index is 3.67. The van der Waals surface area contributed by atoms with Gasteiger partial charge in [-0.15, -0.1) is 0 Å². The second-order valence-corrected chi connectivity index (χ2v) is 8.08. The standard InChI is InChI=1S/C21H24BrN/c1-23-12-10-16(11-13-23)21-19-5-3-2-4-15(19)6-7-17-14-18(22)8-9-20(17)21/h2-5,8-9,14,16,21H,6-7,10-13H2,1H3. The van der Waals surface area contributed by atoms with Gasteiger partial charge in [0.1, 0.15) is 0 Å². The van der Waals surface area contributed by atoms with Gasteiger partial charge in [-0.1, -0.05) is 46.3 Å². The molecule has 1 unspecified atom stereocenters. The predicted molar refractivity (Wildman–Crippen MR) is 100 cm³/mol. The third kappa shape index (κ3) is 2.99. The van der Waals surface area contributed by atoms with E-state index in [1.165, 1.54) is 36.8 Å². The van der Waals surface area contributed by atoms with Gasteiger partial charge in [-0.2, -0.15) is 0 Å². The Labute approximate surface area is 147 Å². The number of hydrogen-bond donors (Lipinski definition) is 0. The molecule has 1 atom stereocenters. The van der Waals surface area contributed by atoms with Gasteiger partial charge in [0.15, 0.2) is 0 Å². The molecule has 2 aliphatic rings. The third-order valence-electron chi connectivity index (χ3n) is 5.73. The first-order valence-corrected chi connectivity index (χ1v) is 9.56. The Morgan fingerprint density at radius 3 is 2.43 bits per heavy atom.